The second-order valence-corrected chi connectivity index (χ2v) is 17.2. The van der Waals surface area contributed by atoms with Crippen LogP contribution < -0.4 is 28.9 Å². The molecular weight excluding hydrogens is 833 g/mol. The number of thioether (sulfide) groups is 1. The lowest BCUT2D eigenvalue weighted by molar-refractivity contribution is -0.401. The van der Waals surface area contributed by atoms with Gasteiger partial charge in [0.2, 0.25) is 5.69 Å². The maximum Gasteiger partial charge on any atom is 0.334 e. The normalized spacial score (nSPS) is 19.2. The van der Waals surface area contributed by atoms with Gasteiger partial charge in [-0.3, -0.25) is 18.7 Å². The minimum atomic E-state index is -4.41. The third-order valence-corrected chi connectivity index (χ3v) is 11.9. The van der Waals surface area contributed by atoms with Crippen LogP contribution in [0.1, 0.15) is 58.1 Å². The van der Waals surface area contributed by atoms with E-state index < -0.39 is 48.8 Å². The number of benzene rings is 2. The topological polar surface area (TPSA) is 179 Å². The molecule has 0 aromatic heterocycles. The van der Waals surface area contributed by atoms with Crippen molar-refractivity contribution in [3.63, 3.8) is 0 Å². The van der Waals surface area contributed by atoms with Crippen molar-refractivity contribution in [2.24, 2.45) is 0 Å². The molecule has 17 heteroatoms. The van der Waals surface area contributed by atoms with Gasteiger partial charge in [0, 0.05) is 65.1 Å². The van der Waals surface area contributed by atoms with E-state index in [1.807, 2.05) is 75.6 Å². The number of anilines is 1. The van der Waals surface area contributed by atoms with Crippen molar-refractivity contribution >= 4 is 66.9 Å². The number of halogens is 1. The molecule has 3 aliphatic heterocycles. The van der Waals surface area contributed by atoms with Gasteiger partial charge in [-0.1, -0.05) is 13.8 Å². The lowest BCUT2D eigenvalue weighted by Crippen LogP contribution is -3.00. The number of carbonyl (C=O) groups excluding carboxylic acids is 3. The molecule has 0 atom stereocenters. The molecule has 2 aromatic rings. The highest BCUT2D eigenvalue weighted by Crippen LogP contribution is 2.48. The lowest BCUT2D eigenvalue weighted by Gasteiger charge is -2.24. The van der Waals surface area contributed by atoms with Crippen LogP contribution in [0.5, 0.6) is 0 Å². The monoisotopic (exact) mass is 871 g/mol. The number of hydrogen-bond acceptors (Lipinski definition) is 10. The van der Waals surface area contributed by atoms with Crippen molar-refractivity contribution < 1.29 is 73.7 Å². The van der Waals surface area contributed by atoms with E-state index in [-0.39, 0.29) is 58.8 Å². The molecule has 0 aliphatic carbocycles. The summed E-state index contributed by atoms with van der Waals surface area (Å²) in [5.41, 5.74) is 3.30. The van der Waals surface area contributed by atoms with Gasteiger partial charge in [0.1, 0.15) is 7.05 Å². The molecule has 2 N–H and O–H groups in total. The van der Waals surface area contributed by atoms with Crippen LogP contribution in [0.3, 0.4) is 0 Å². The summed E-state index contributed by atoms with van der Waals surface area (Å²) in [6.45, 7) is 7.75. The molecule has 0 unspecified atom stereocenters. The highest BCUT2D eigenvalue weighted by atomic mass is 127. The van der Waals surface area contributed by atoms with Crippen molar-refractivity contribution in [1.29, 1.82) is 0 Å². The van der Waals surface area contributed by atoms with Crippen molar-refractivity contribution in [1.82, 2.24) is 5.06 Å². The summed E-state index contributed by atoms with van der Waals surface area (Å²) in [4.78, 5) is 43.6. The number of imide groups is 1. The first-order valence-electron chi connectivity index (χ1n) is 15.5. The number of nitrogens with zero attached hydrogens (tertiary/aromatic N) is 3. The lowest BCUT2D eigenvalue weighted by atomic mass is 9.81. The number of carbonyl (C=O) groups is 3. The maximum absolute atomic E-state index is 12.5. The van der Waals surface area contributed by atoms with Gasteiger partial charge >= 0.3 is 5.97 Å². The van der Waals surface area contributed by atoms with E-state index in [0.717, 1.165) is 22.8 Å². The summed E-state index contributed by atoms with van der Waals surface area (Å²) >= 11 is 1.32. The van der Waals surface area contributed by atoms with Crippen LogP contribution in [0.15, 0.2) is 81.1 Å². The third kappa shape index (κ3) is 8.02. The molecule has 0 spiro atoms. The van der Waals surface area contributed by atoms with Crippen LogP contribution in [0.4, 0.5) is 11.4 Å². The van der Waals surface area contributed by atoms with E-state index in [1.54, 1.807) is 12.1 Å². The summed E-state index contributed by atoms with van der Waals surface area (Å²) < 4.78 is 68.7. The van der Waals surface area contributed by atoms with Gasteiger partial charge in [-0.05, 0) is 68.0 Å². The van der Waals surface area contributed by atoms with Gasteiger partial charge in [0.15, 0.2) is 5.71 Å². The molecule has 274 valence electrons. The van der Waals surface area contributed by atoms with E-state index in [0.29, 0.717) is 21.1 Å². The fraction of sp³-hybridized carbons (Fsp3) is 0.353. The van der Waals surface area contributed by atoms with Gasteiger partial charge in [-0.25, -0.2) is 4.79 Å². The van der Waals surface area contributed by atoms with Gasteiger partial charge < -0.3 is 33.7 Å². The Balaban J connectivity index is 0.00000583. The van der Waals surface area contributed by atoms with Crippen LogP contribution >= 0.6 is 11.8 Å². The molecule has 1 fully saturated rings. The Morgan fingerprint density at radius 3 is 2.10 bits per heavy atom. The van der Waals surface area contributed by atoms with E-state index in [4.69, 9.17) is 4.84 Å². The third-order valence-electron chi connectivity index (χ3n) is 9.19. The molecule has 13 nitrogen and oxygen atoms in total. The summed E-state index contributed by atoms with van der Waals surface area (Å²) in [6, 6.07) is 8.90. The Bertz CT molecular complexity index is 2160. The fourth-order valence-corrected chi connectivity index (χ4v) is 8.33. The van der Waals surface area contributed by atoms with Gasteiger partial charge in [-0.2, -0.15) is 21.4 Å². The van der Waals surface area contributed by atoms with Crippen LogP contribution in [-0.4, -0.2) is 78.9 Å². The quantitative estimate of drug-likeness (QED) is 0.116. The number of allylic oxidation sites excluding steroid dienone is 5. The molecule has 3 aliphatic rings. The number of likely N-dealkylation sites (N-methyl/N-ethyl adjacent to an activating group) is 1. The Labute approximate surface area is 318 Å². The molecule has 1 saturated heterocycles. The average molecular weight is 872 g/mol. The number of hydroxylamine groups is 2. The zero-order chi connectivity index (χ0) is 37.0. The standard InChI is InChI=1S/C34H37N3O10S3.HI/c1-33(2)24-19-22(49(41,42)43)9-11-26(24)35(5)28(33)13-7-21(48-18-17-32(40)47-37-30(38)15-16-31(37)39)8-14-29-34(3,4)25-20-23(50(44,45)46)10-12-27(25)36(29)6;/h7-14,19-20H,15-18H2,1-6H3,(H-,41,42,43,44,45,46);1H. The summed E-state index contributed by atoms with van der Waals surface area (Å²) in [7, 11) is -5.13. The Kier molecular flexibility index (Phi) is 11.5. The van der Waals surface area contributed by atoms with Crippen LogP contribution in [0.25, 0.3) is 0 Å². The van der Waals surface area contributed by atoms with Gasteiger partial charge in [0.05, 0.1) is 21.6 Å². The second-order valence-electron chi connectivity index (χ2n) is 13.2. The smallest absolute Gasteiger partial charge is 0.334 e. The Morgan fingerprint density at radius 2 is 1.51 bits per heavy atom. The number of hydrogen-bond donors (Lipinski definition) is 2. The molecule has 5 rings (SSSR count). The fourth-order valence-electron chi connectivity index (χ4n) is 6.48. The molecule has 3 heterocycles. The highest BCUT2D eigenvalue weighted by Gasteiger charge is 2.44. The predicted octanol–water partition coefficient (Wildman–Crippen LogP) is 1.67. The minimum Gasteiger partial charge on any atom is -1.00 e. The predicted molar refractivity (Wildman–Crippen MR) is 187 cm³/mol. The summed E-state index contributed by atoms with van der Waals surface area (Å²) in [5.74, 6) is -1.63. The van der Waals surface area contributed by atoms with E-state index in [2.05, 4.69) is 0 Å². The Hall–Kier alpha value is -3.36. The zero-order valence-corrected chi connectivity index (χ0v) is 33.3. The Morgan fingerprint density at radius 1 is 0.941 bits per heavy atom. The largest absolute Gasteiger partial charge is 1.00 e. The van der Waals surface area contributed by atoms with Crippen LogP contribution in [0.2, 0.25) is 0 Å². The molecule has 0 radical (unpaired) electrons. The second kappa shape index (κ2) is 14.6. The van der Waals surface area contributed by atoms with Crippen LogP contribution in [-0.2, 0) is 50.3 Å². The molecular formula is C34H38IN3O10S3. The van der Waals surface area contributed by atoms with Gasteiger partial charge in [0.25, 0.3) is 32.1 Å². The first-order chi connectivity index (χ1) is 23.1. The summed E-state index contributed by atoms with van der Waals surface area (Å²) in [5, 5.41) is 0.511. The minimum absolute atomic E-state index is 0. The first kappa shape index (κ1) is 40.4. The number of fused-ring (bicyclic) bond motifs is 2. The molecule has 51 heavy (non-hydrogen) atoms. The van der Waals surface area contributed by atoms with Crippen LogP contribution in [0, 0.1) is 0 Å². The van der Waals surface area contributed by atoms with Gasteiger partial charge in [-0.15, -0.1) is 16.8 Å². The average Bonchev–Trinajstić information content (AvgIpc) is 3.51. The maximum atomic E-state index is 12.5. The van der Waals surface area contributed by atoms with Crippen molar-refractivity contribution in [3.05, 3.63) is 82.4 Å². The number of rotatable bonds is 10. The summed E-state index contributed by atoms with van der Waals surface area (Å²) in [6.07, 6.45) is 7.37. The zero-order valence-electron chi connectivity index (χ0n) is 28.7. The molecule has 2 amide bonds. The van der Waals surface area contributed by atoms with E-state index >= 15 is 0 Å². The first-order valence-corrected chi connectivity index (χ1v) is 19.4. The SMILES string of the molecule is CN1\C(=C/C=C(/C=C/C2=[N+](C)c3ccc(S(=O)(=O)O)cc3C2(C)C)SCCC(=O)ON2C(=O)CCC2=O)C(C)(C)c2cc(S(=O)(=O)O)ccc21.[I-]. The van der Waals surface area contributed by atoms with E-state index in [9.17, 15) is 40.3 Å². The highest BCUT2D eigenvalue weighted by molar-refractivity contribution is 8.03. The van der Waals surface area contributed by atoms with E-state index in [1.165, 1.54) is 36.0 Å². The molecule has 2 aromatic carbocycles. The number of amides is 2. The van der Waals surface area contributed by atoms with Crippen molar-refractivity contribution in [2.75, 3.05) is 24.7 Å². The van der Waals surface area contributed by atoms with Crippen molar-refractivity contribution in [3.8, 4) is 0 Å². The molecule has 0 bridgehead atoms. The molecule has 0 saturated carbocycles. The van der Waals surface area contributed by atoms with Crippen molar-refractivity contribution in [2.45, 2.75) is 67.6 Å².